The number of aliphatic carboxylic acids is 1. The number of carbonyl (C=O) groups is 1. The van der Waals surface area contributed by atoms with Gasteiger partial charge in [-0.05, 0) is 30.2 Å². The van der Waals surface area contributed by atoms with Crippen LogP contribution in [0, 0.1) is 0 Å². The minimum atomic E-state index is -0.871. The summed E-state index contributed by atoms with van der Waals surface area (Å²) in [5.41, 5.74) is 1.87. The van der Waals surface area contributed by atoms with E-state index in [1.807, 2.05) is 30.3 Å². The fourth-order valence-electron chi connectivity index (χ4n) is 1.97. The van der Waals surface area contributed by atoms with Crippen LogP contribution in [0.1, 0.15) is 24.0 Å². The quantitative estimate of drug-likeness (QED) is 0.872. The van der Waals surface area contributed by atoms with E-state index in [1.165, 1.54) is 5.56 Å². The molecule has 110 valence electrons. The van der Waals surface area contributed by atoms with E-state index in [9.17, 15) is 4.79 Å². The van der Waals surface area contributed by atoms with Gasteiger partial charge in [-0.25, -0.2) is 0 Å². The molecule has 0 aliphatic carbocycles. The first-order chi connectivity index (χ1) is 10.1. The summed E-state index contributed by atoms with van der Waals surface area (Å²) in [4.78, 5) is 11.0. The smallest absolute Gasteiger partial charge is 0.310 e. The number of ether oxygens (including phenoxy) is 1. The molecule has 1 atom stereocenters. The minimum absolute atomic E-state index is 0.439. The molecule has 0 aliphatic rings. The van der Waals surface area contributed by atoms with Crippen molar-refractivity contribution in [1.29, 1.82) is 0 Å². The first kappa shape index (κ1) is 15.4. The third-order valence-corrected chi connectivity index (χ3v) is 3.61. The van der Waals surface area contributed by atoms with Crippen molar-refractivity contribution in [1.82, 2.24) is 0 Å². The van der Waals surface area contributed by atoms with Crippen LogP contribution in [0.5, 0.6) is 5.75 Å². The molecule has 0 spiro atoms. The highest BCUT2D eigenvalue weighted by Gasteiger charge is 2.15. The Morgan fingerprint density at radius 1 is 1.24 bits per heavy atom. The predicted molar refractivity (Wildman–Crippen MR) is 83.1 cm³/mol. The molecule has 0 aliphatic heterocycles. The van der Waals surface area contributed by atoms with E-state index in [-0.39, 0.29) is 0 Å². The van der Waals surface area contributed by atoms with E-state index in [0.29, 0.717) is 22.9 Å². The summed E-state index contributed by atoms with van der Waals surface area (Å²) in [7, 11) is 0. The summed E-state index contributed by atoms with van der Waals surface area (Å²) >= 11 is 6.14. The van der Waals surface area contributed by atoms with Gasteiger partial charge >= 0.3 is 5.97 Å². The van der Waals surface area contributed by atoms with Crippen LogP contribution < -0.4 is 4.74 Å². The fourth-order valence-corrected chi connectivity index (χ4v) is 2.21. The Morgan fingerprint density at radius 2 is 1.95 bits per heavy atom. The molecule has 1 N–H and O–H groups in total. The van der Waals surface area contributed by atoms with Crippen molar-refractivity contribution in [2.75, 3.05) is 6.61 Å². The number of carboxylic acid groups (broad SMARTS) is 1. The van der Waals surface area contributed by atoms with E-state index in [2.05, 4.69) is 0 Å². The molecule has 0 radical (unpaired) electrons. The lowest BCUT2D eigenvalue weighted by Gasteiger charge is -2.11. The lowest BCUT2D eigenvalue weighted by Crippen LogP contribution is -2.07. The van der Waals surface area contributed by atoms with E-state index in [0.717, 1.165) is 6.42 Å². The van der Waals surface area contributed by atoms with Crippen molar-refractivity contribution in [3.8, 4) is 5.75 Å². The van der Waals surface area contributed by atoms with Gasteiger partial charge in [0.25, 0.3) is 0 Å². The van der Waals surface area contributed by atoms with Gasteiger partial charge in [0, 0.05) is 6.42 Å². The van der Waals surface area contributed by atoms with Gasteiger partial charge in [-0.2, -0.15) is 0 Å². The predicted octanol–water partition coefficient (Wildman–Crippen LogP) is 4.15. The second kappa shape index (κ2) is 7.14. The monoisotopic (exact) mass is 304 g/mol. The fraction of sp³-hybridized carbons (Fsp3) is 0.235. The third-order valence-electron chi connectivity index (χ3n) is 3.32. The molecule has 0 heterocycles. The summed E-state index contributed by atoms with van der Waals surface area (Å²) in [5.74, 6) is -0.876. The number of hydrogen-bond acceptors (Lipinski definition) is 2. The molecule has 0 bridgehead atoms. The molecular formula is C17H17ClO3. The maximum Gasteiger partial charge on any atom is 0.310 e. The van der Waals surface area contributed by atoms with Gasteiger partial charge in [0.1, 0.15) is 5.75 Å². The molecule has 0 saturated carbocycles. The molecule has 2 aromatic carbocycles. The van der Waals surface area contributed by atoms with Crippen LogP contribution in [-0.4, -0.2) is 17.7 Å². The Balaban J connectivity index is 1.96. The second-order valence-corrected chi connectivity index (χ2v) is 5.24. The Labute approximate surface area is 129 Å². The highest BCUT2D eigenvalue weighted by atomic mass is 35.5. The Kier molecular flexibility index (Phi) is 5.23. The van der Waals surface area contributed by atoms with Crippen LogP contribution in [0.3, 0.4) is 0 Å². The van der Waals surface area contributed by atoms with Crippen LogP contribution in [0.4, 0.5) is 0 Å². The number of hydrogen-bond donors (Lipinski definition) is 1. The lowest BCUT2D eigenvalue weighted by atomic mass is 10.0. The lowest BCUT2D eigenvalue weighted by molar-refractivity contribution is -0.138. The van der Waals surface area contributed by atoms with Crippen LogP contribution in [0.2, 0.25) is 5.02 Å². The highest BCUT2D eigenvalue weighted by molar-refractivity contribution is 6.32. The van der Waals surface area contributed by atoms with Gasteiger partial charge in [-0.1, -0.05) is 48.0 Å². The van der Waals surface area contributed by atoms with Crippen LogP contribution in [-0.2, 0) is 11.2 Å². The normalized spacial score (nSPS) is 11.9. The molecule has 0 fully saturated rings. The van der Waals surface area contributed by atoms with E-state index >= 15 is 0 Å². The van der Waals surface area contributed by atoms with Gasteiger partial charge in [0.15, 0.2) is 0 Å². The summed E-state index contributed by atoms with van der Waals surface area (Å²) in [5, 5.41) is 9.43. The molecule has 0 saturated heterocycles. The van der Waals surface area contributed by atoms with Gasteiger partial charge in [0.2, 0.25) is 0 Å². The zero-order chi connectivity index (χ0) is 15.2. The summed E-state index contributed by atoms with van der Waals surface area (Å²) in [6, 6.07) is 15.2. The Bertz CT molecular complexity index is 611. The molecule has 0 amide bonds. The molecule has 2 aromatic rings. The number of halogens is 1. The first-order valence-electron chi connectivity index (χ1n) is 6.77. The Morgan fingerprint density at radius 3 is 2.57 bits per heavy atom. The molecule has 3 nitrogen and oxygen atoms in total. The largest absolute Gasteiger partial charge is 0.492 e. The zero-order valence-corrected chi connectivity index (χ0v) is 12.5. The maximum absolute atomic E-state index is 11.0. The summed E-state index contributed by atoms with van der Waals surface area (Å²) in [6.45, 7) is 2.15. The van der Waals surface area contributed by atoms with Crippen molar-refractivity contribution in [3.05, 3.63) is 64.7 Å². The molecule has 0 aromatic heterocycles. The van der Waals surface area contributed by atoms with Gasteiger partial charge in [0.05, 0.1) is 17.5 Å². The molecule has 4 heteroatoms. The summed E-state index contributed by atoms with van der Waals surface area (Å²) in [6.07, 6.45) is 0.796. The van der Waals surface area contributed by atoms with Crippen molar-refractivity contribution in [2.24, 2.45) is 0 Å². The first-order valence-corrected chi connectivity index (χ1v) is 7.14. The third kappa shape index (κ3) is 4.23. The van der Waals surface area contributed by atoms with E-state index in [1.54, 1.807) is 25.1 Å². The highest BCUT2D eigenvalue weighted by Crippen LogP contribution is 2.28. The molecule has 2 rings (SSSR count). The SMILES string of the molecule is C[C@@H](C(=O)O)c1ccc(OCCc2ccccc2)c(Cl)c1. The molecular weight excluding hydrogens is 288 g/mol. The van der Waals surface area contributed by atoms with Crippen LogP contribution in [0.15, 0.2) is 48.5 Å². The van der Waals surface area contributed by atoms with Crippen LogP contribution >= 0.6 is 11.6 Å². The average molecular weight is 305 g/mol. The molecule has 0 unspecified atom stereocenters. The van der Waals surface area contributed by atoms with Crippen molar-refractivity contribution >= 4 is 17.6 Å². The second-order valence-electron chi connectivity index (χ2n) is 4.83. The van der Waals surface area contributed by atoms with Crippen molar-refractivity contribution in [2.45, 2.75) is 19.3 Å². The van der Waals surface area contributed by atoms with Crippen molar-refractivity contribution < 1.29 is 14.6 Å². The topological polar surface area (TPSA) is 46.5 Å². The number of carboxylic acids is 1. The summed E-state index contributed by atoms with van der Waals surface area (Å²) < 4.78 is 5.66. The van der Waals surface area contributed by atoms with E-state index < -0.39 is 11.9 Å². The zero-order valence-electron chi connectivity index (χ0n) is 11.8. The van der Waals surface area contributed by atoms with Gasteiger partial charge in [-0.15, -0.1) is 0 Å². The maximum atomic E-state index is 11.0. The van der Waals surface area contributed by atoms with Gasteiger partial charge < -0.3 is 9.84 Å². The molecule has 21 heavy (non-hydrogen) atoms. The van der Waals surface area contributed by atoms with Gasteiger partial charge in [-0.3, -0.25) is 4.79 Å². The van der Waals surface area contributed by atoms with Crippen LogP contribution in [0.25, 0.3) is 0 Å². The Hall–Kier alpha value is -2.00. The minimum Gasteiger partial charge on any atom is -0.492 e. The van der Waals surface area contributed by atoms with Crippen molar-refractivity contribution in [3.63, 3.8) is 0 Å². The number of benzene rings is 2. The average Bonchev–Trinajstić information content (AvgIpc) is 2.49. The number of rotatable bonds is 6. The van der Waals surface area contributed by atoms with E-state index in [4.69, 9.17) is 21.4 Å². The standard InChI is InChI=1S/C17H17ClO3/c1-12(17(19)20)14-7-8-16(15(18)11-14)21-10-9-13-5-3-2-4-6-13/h2-8,11-12H,9-10H2,1H3,(H,19,20)/t12-/m1/s1.